The van der Waals surface area contributed by atoms with Gasteiger partial charge in [0.1, 0.15) is 0 Å². The van der Waals surface area contributed by atoms with Crippen molar-refractivity contribution in [1.82, 2.24) is 0 Å². The fourth-order valence-corrected chi connectivity index (χ4v) is 3.12. The van der Waals surface area contributed by atoms with Crippen molar-refractivity contribution >= 4 is 40.5 Å². The van der Waals surface area contributed by atoms with Gasteiger partial charge in [0, 0.05) is 18.8 Å². The number of benzene rings is 2. The maximum atomic E-state index is 12.4. The molecule has 0 atom stereocenters. The third-order valence-corrected chi connectivity index (χ3v) is 4.70. The summed E-state index contributed by atoms with van der Waals surface area (Å²) in [4.78, 5) is 26.7. The molecule has 28 heavy (non-hydrogen) atoms. The predicted octanol–water partition coefficient (Wildman–Crippen LogP) is 3.01. The van der Waals surface area contributed by atoms with E-state index < -0.39 is 5.97 Å². The van der Waals surface area contributed by atoms with E-state index in [2.05, 4.69) is 15.5 Å². The number of hydrogen-bond acceptors (Lipinski definition) is 6. The predicted molar refractivity (Wildman–Crippen MR) is 109 cm³/mol. The summed E-state index contributed by atoms with van der Waals surface area (Å²) in [5, 5.41) is 6.26. The number of para-hydroxylation sites is 1. The van der Waals surface area contributed by atoms with Gasteiger partial charge >= 0.3 is 5.97 Å². The first kappa shape index (κ1) is 20.0. The van der Waals surface area contributed by atoms with E-state index in [-0.39, 0.29) is 12.5 Å². The number of hydrogen-bond donors (Lipinski definition) is 2. The number of methoxy groups -OCH3 is 1. The molecule has 1 amide bonds. The molecule has 7 nitrogen and oxygen atoms in total. The molecule has 148 valence electrons. The second-order valence-electron chi connectivity index (χ2n) is 6.20. The van der Waals surface area contributed by atoms with Gasteiger partial charge in [-0.1, -0.05) is 23.7 Å². The number of carbonyl (C=O) groups is 2. The van der Waals surface area contributed by atoms with E-state index in [1.54, 1.807) is 24.3 Å². The Labute approximate surface area is 168 Å². The third kappa shape index (κ3) is 4.94. The molecule has 0 saturated carbocycles. The normalized spacial score (nSPS) is 13.7. The highest BCUT2D eigenvalue weighted by molar-refractivity contribution is 6.33. The Bertz CT molecular complexity index is 853. The molecule has 1 aliphatic rings. The summed E-state index contributed by atoms with van der Waals surface area (Å²) in [5.41, 5.74) is 2.25. The van der Waals surface area contributed by atoms with Crippen LogP contribution in [0.3, 0.4) is 0 Å². The van der Waals surface area contributed by atoms with Gasteiger partial charge in [-0.15, -0.1) is 0 Å². The second-order valence-corrected chi connectivity index (χ2v) is 6.61. The smallest absolute Gasteiger partial charge is 0.340 e. The zero-order chi connectivity index (χ0) is 19.9. The molecule has 0 aromatic heterocycles. The topological polar surface area (TPSA) is 79.9 Å². The monoisotopic (exact) mass is 403 g/mol. The number of carbonyl (C=O) groups excluding carboxylic acids is 2. The largest absolute Gasteiger partial charge is 0.465 e. The van der Waals surface area contributed by atoms with Crippen LogP contribution in [0.2, 0.25) is 5.02 Å². The summed E-state index contributed by atoms with van der Waals surface area (Å²) in [5.74, 6) is -0.811. The molecule has 3 rings (SSSR count). The number of halogens is 1. The third-order valence-electron chi connectivity index (χ3n) is 4.37. The lowest BCUT2D eigenvalue weighted by atomic mass is 10.1. The number of ether oxygens (including phenoxy) is 2. The summed E-state index contributed by atoms with van der Waals surface area (Å²) >= 11 is 6.08. The van der Waals surface area contributed by atoms with Crippen LogP contribution < -0.4 is 15.5 Å². The van der Waals surface area contributed by atoms with Crippen molar-refractivity contribution in [2.45, 2.75) is 0 Å². The zero-order valence-corrected chi connectivity index (χ0v) is 16.3. The van der Waals surface area contributed by atoms with Gasteiger partial charge in [0.15, 0.2) is 0 Å². The van der Waals surface area contributed by atoms with Gasteiger partial charge in [-0.3, -0.25) is 4.79 Å². The van der Waals surface area contributed by atoms with E-state index in [9.17, 15) is 9.59 Å². The van der Waals surface area contributed by atoms with E-state index in [0.29, 0.717) is 35.2 Å². The van der Waals surface area contributed by atoms with Gasteiger partial charge in [-0.25, -0.2) is 4.79 Å². The number of nitrogens with one attached hydrogen (secondary N) is 2. The Morgan fingerprint density at radius 2 is 1.89 bits per heavy atom. The van der Waals surface area contributed by atoms with Crippen molar-refractivity contribution in [2.24, 2.45) is 0 Å². The van der Waals surface area contributed by atoms with Crippen LogP contribution in [0.4, 0.5) is 17.1 Å². The average molecular weight is 404 g/mol. The van der Waals surface area contributed by atoms with Crippen molar-refractivity contribution in [1.29, 1.82) is 0 Å². The summed E-state index contributed by atoms with van der Waals surface area (Å²) in [6.07, 6.45) is 0. The molecule has 0 unspecified atom stereocenters. The standard InChI is InChI=1S/C20H22ClN3O4/c1-27-20(26)15-12-14(24-8-10-28-11-9-24)6-7-17(15)23-19(25)13-22-18-5-3-2-4-16(18)21/h2-7,12,22H,8-11,13H2,1H3,(H,23,25). The van der Waals surface area contributed by atoms with E-state index in [4.69, 9.17) is 21.1 Å². The van der Waals surface area contributed by atoms with Crippen LogP contribution in [0.1, 0.15) is 10.4 Å². The first-order valence-electron chi connectivity index (χ1n) is 8.92. The lowest BCUT2D eigenvalue weighted by molar-refractivity contribution is -0.114. The number of morpholine rings is 1. The molecular formula is C20H22ClN3O4. The first-order valence-corrected chi connectivity index (χ1v) is 9.29. The van der Waals surface area contributed by atoms with Gasteiger partial charge in [0.05, 0.1) is 48.8 Å². The summed E-state index contributed by atoms with van der Waals surface area (Å²) < 4.78 is 10.2. The zero-order valence-electron chi connectivity index (χ0n) is 15.5. The molecule has 1 aliphatic heterocycles. The molecule has 0 radical (unpaired) electrons. The molecule has 2 N–H and O–H groups in total. The highest BCUT2D eigenvalue weighted by Gasteiger charge is 2.18. The van der Waals surface area contributed by atoms with E-state index >= 15 is 0 Å². The lowest BCUT2D eigenvalue weighted by Gasteiger charge is -2.29. The molecule has 2 aromatic rings. The Balaban J connectivity index is 1.71. The second kappa shape index (κ2) is 9.43. The lowest BCUT2D eigenvalue weighted by Crippen LogP contribution is -2.36. The van der Waals surface area contributed by atoms with E-state index in [1.165, 1.54) is 7.11 Å². The van der Waals surface area contributed by atoms with Crippen LogP contribution in [0.15, 0.2) is 42.5 Å². The van der Waals surface area contributed by atoms with Crippen LogP contribution in [0, 0.1) is 0 Å². The molecule has 1 fully saturated rings. The van der Waals surface area contributed by atoms with Gasteiger partial charge in [-0.05, 0) is 30.3 Å². The maximum Gasteiger partial charge on any atom is 0.340 e. The molecule has 8 heteroatoms. The molecule has 1 heterocycles. The Hall–Kier alpha value is -2.77. The highest BCUT2D eigenvalue weighted by Crippen LogP contribution is 2.25. The van der Waals surface area contributed by atoms with Crippen molar-refractivity contribution in [3.63, 3.8) is 0 Å². The number of anilines is 3. The maximum absolute atomic E-state index is 12.4. The van der Waals surface area contributed by atoms with Crippen molar-refractivity contribution in [3.8, 4) is 0 Å². The Morgan fingerprint density at radius 1 is 1.14 bits per heavy atom. The van der Waals surface area contributed by atoms with Crippen LogP contribution in [-0.2, 0) is 14.3 Å². The Kier molecular flexibility index (Phi) is 6.73. The van der Waals surface area contributed by atoms with E-state index in [0.717, 1.165) is 18.8 Å². The van der Waals surface area contributed by atoms with Crippen molar-refractivity contribution in [3.05, 3.63) is 53.1 Å². The fourth-order valence-electron chi connectivity index (χ4n) is 2.91. The number of rotatable bonds is 6. The van der Waals surface area contributed by atoms with Gasteiger partial charge in [-0.2, -0.15) is 0 Å². The van der Waals surface area contributed by atoms with Crippen LogP contribution in [0.5, 0.6) is 0 Å². The molecule has 0 bridgehead atoms. The number of amides is 1. The minimum atomic E-state index is -0.510. The van der Waals surface area contributed by atoms with Crippen molar-refractivity contribution < 1.29 is 19.1 Å². The summed E-state index contributed by atoms with van der Waals surface area (Å²) in [7, 11) is 1.31. The molecular weight excluding hydrogens is 382 g/mol. The number of nitrogens with zero attached hydrogens (tertiary/aromatic N) is 1. The van der Waals surface area contributed by atoms with Crippen LogP contribution in [0.25, 0.3) is 0 Å². The number of esters is 1. The summed E-state index contributed by atoms with van der Waals surface area (Å²) in [6.45, 7) is 2.78. The highest BCUT2D eigenvalue weighted by atomic mass is 35.5. The Morgan fingerprint density at radius 3 is 2.61 bits per heavy atom. The van der Waals surface area contributed by atoms with E-state index in [1.807, 2.05) is 18.2 Å². The molecule has 0 aliphatic carbocycles. The SMILES string of the molecule is COC(=O)c1cc(N2CCOCC2)ccc1NC(=O)CNc1ccccc1Cl. The van der Waals surface area contributed by atoms with Gasteiger partial charge in [0.2, 0.25) is 5.91 Å². The summed E-state index contributed by atoms with van der Waals surface area (Å²) in [6, 6.07) is 12.5. The van der Waals surface area contributed by atoms with Crippen molar-refractivity contribution in [2.75, 3.05) is 55.5 Å². The van der Waals surface area contributed by atoms with Gasteiger partial charge in [0.25, 0.3) is 0 Å². The molecule has 2 aromatic carbocycles. The minimum absolute atomic E-state index is 0.00949. The van der Waals surface area contributed by atoms with Crippen LogP contribution in [-0.4, -0.2) is 51.8 Å². The van der Waals surface area contributed by atoms with Gasteiger partial charge < -0.3 is 25.0 Å². The molecule has 0 spiro atoms. The quantitative estimate of drug-likeness (QED) is 0.722. The average Bonchev–Trinajstić information content (AvgIpc) is 2.73. The molecule has 1 saturated heterocycles. The first-order chi connectivity index (χ1) is 13.6. The van der Waals surface area contributed by atoms with Crippen LogP contribution >= 0.6 is 11.6 Å². The minimum Gasteiger partial charge on any atom is -0.465 e. The fraction of sp³-hybridized carbons (Fsp3) is 0.300.